The molecule has 8 nitrogen and oxygen atoms in total. The Morgan fingerprint density at radius 1 is 1.13 bits per heavy atom. The number of carbonyl (C=O) groups excluding carboxylic acids is 1. The Balaban J connectivity index is 1.38. The molecule has 0 unspecified atom stereocenters. The van der Waals surface area contributed by atoms with Gasteiger partial charge in [-0.15, -0.1) is 5.92 Å². The van der Waals surface area contributed by atoms with Crippen molar-refractivity contribution in [1.29, 1.82) is 0 Å². The number of nitrogens with two attached hydrogens (primary N) is 1. The molecule has 2 aromatic carbocycles. The summed E-state index contributed by atoms with van der Waals surface area (Å²) in [5.74, 6) is 6.73. The van der Waals surface area contributed by atoms with Gasteiger partial charge in [-0.2, -0.15) is 0 Å². The molecule has 8 heteroatoms. The standard InChI is InChI=1S/C30H28N6O2/c1-3-5-18-6-4-7-21-26(18)24-15-25(35(2)28(21)37)27-34-22-9-8-19(14-23(22)36(24)27)20-16-32-29(33-17-20)30(31)10-12-38-13-11-30/h4,6-9,14,16-17,24-25H,10-13,15,31H2,1-2H3/t24-,25-/m1/s1/i2D3. The molecular weight excluding hydrogens is 476 g/mol. The Hall–Kier alpha value is -4.06. The van der Waals surface area contributed by atoms with Crippen LogP contribution in [0.4, 0.5) is 0 Å². The van der Waals surface area contributed by atoms with E-state index in [2.05, 4.69) is 26.4 Å². The van der Waals surface area contributed by atoms with Crippen LogP contribution in [0.1, 0.15) is 75.5 Å². The van der Waals surface area contributed by atoms with Crippen LogP contribution in [0.3, 0.4) is 0 Å². The second-order valence-electron chi connectivity index (χ2n) is 10.2. The number of ether oxygens (including phenoxy) is 1. The van der Waals surface area contributed by atoms with E-state index < -0.39 is 24.5 Å². The van der Waals surface area contributed by atoms with Gasteiger partial charge in [-0.3, -0.25) is 4.79 Å². The predicted octanol–water partition coefficient (Wildman–Crippen LogP) is 3.95. The molecule has 0 spiro atoms. The summed E-state index contributed by atoms with van der Waals surface area (Å²) in [6, 6.07) is 10.2. The average molecular weight is 508 g/mol. The minimum absolute atomic E-state index is 0.303. The summed E-state index contributed by atoms with van der Waals surface area (Å²) in [4.78, 5) is 28.9. The topological polar surface area (TPSA) is 99.2 Å². The van der Waals surface area contributed by atoms with E-state index in [1.165, 1.54) is 0 Å². The van der Waals surface area contributed by atoms with E-state index in [9.17, 15) is 4.79 Å². The summed E-state index contributed by atoms with van der Waals surface area (Å²) in [6.45, 7) is 0.289. The molecule has 2 aromatic heterocycles. The Morgan fingerprint density at radius 2 is 1.95 bits per heavy atom. The van der Waals surface area contributed by atoms with Crippen LogP contribution >= 0.6 is 0 Å². The third-order valence-corrected chi connectivity index (χ3v) is 8.05. The molecule has 2 atom stereocenters. The van der Waals surface area contributed by atoms with Crippen LogP contribution in [0.2, 0.25) is 0 Å². The molecule has 2 bridgehead atoms. The highest BCUT2D eigenvalue weighted by molar-refractivity contribution is 5.98. The van der Waals surface area contributed by atoms with E-state index in [1.807, 2.05) is 24.3 Å². The molecule has 1 fully saturated rings. The Morgan fingerprint density at radius 3 is 2.71 bits per heavy atom. The Kier molecular flexibility index (Phi) is 4.46. The summed E-state index contributed by atoms with van der Waals surface area (Å²) in [5.41, 5.74) is 11.1. The van der Waals surface area contributed by atoms with Gasteiger partial charge in [-0.1, -0.05) is 18.1 Å². The van der Waals surface area contributed by atoms with Gasteiger partial charge in [0, 0.05) is 65.4 Å². The van der Waals surface area contributed by atoms with Crippen LogP contribution in [-0.4, -0.2) is 50.5 Å². The highest BCUT2D eigenvalue weighted by Crippen LogP contribution is 2.48. The van der Waals surface area contributed by atoms with Crippen LogP contribution in [-0.2, 0) is 10.3 Å². The number of hydrogen-bond acceptors (Lipinski definition) is 6. The van der Waals surface area contributed by atoms with Crippen molar-refractivity contribution >= 4 is 16.9 Å². The van der Waals surface area contributed by atoms with Crippen LogP contribution in [0, 0.1) is 11.8 Å². The zero-order chi connectivity index (χ0) is 28.5. The predicted molar refractivity (Wildman–Crippen MR) is 143 cm³/mol. The summed E-state index contributed by atoms with van der Waals surface area (Å²) in [6.07, 6.45) is 5.33. The number of imidazole rings is 1. The van der Waals surface area contributed by atoms with Crippen molar-refractivity contribution in [2.75, 3.05) is 20.2 Å². The number of aromatic nitrogens is 4. The highest BCUT2D eigenvalue weighted by atomic mass is 16.5. The molecule has 5 heterocycles. The maximum absolute atomic E-state index is 13.7. The van der Waals surface area contributed by atoms with Crippen LogP contribution < -0.4 is 5.73 Å². The monoisotopic (exact) mass is 507 g/mol. The van der Waals surface area contributed by atoms with Gasteiger partial charge in [0.15, 0.2) is 0 Å². The van der Waals surface area contributed by atoms with Gasteiger partial charge in [0.2, 0.25) is 0 Å². The molecule has 190 valence electrons. The van der Waals surface area contributed by atoms with Gasteiger partial charge in [-0.25, -0.2) is 15.0 Å². The Labute approximate surface area is 225 Å². The van der Waals surface area contributed by atoms with Gasteiger partial charge >= 0.3 is 0 Å². The Bertz CT molecular complexity index is 1760. The maximum atomic E-state index is 13.7. The molecule has 7 rings (SSSR count). The number of hydrogen-bond donors (Lipinski definition) is 1. The normalized spacial score (nSPS) is 22.9. The molecule has 3 aliphatic rings. The van der Waals surface area contributed by atoms with Crippen molar-refractivity contribution in [2.24, 2.45) is 5.73 Å². The lowest BCUT2D eigenvalue weighted by Gasteiger charge is -2.31. The fourth-order valence-electron chi connectivity index (χ4n) is 6.06. The average Bonchev–Trinajstić information content (AvgIpc) is 3.46. The van der Waals surface area contributed by atoms with E-state index in [4.69, 9.17) is 19.6 Å². The minimum atomic E-state index is -2.64. The summed E-state index contributed by atoms with van der Waals surface area (Å²) >= 11 is 0. The maximum Gasteiger partial charge on any atom is 0.254 e. The van der Waals surface area contributed by atoms with Crippen molar-refractivity contribution in [2.45, 2.75) is 43.8 Å². The van der Waals surface area contributed by atoms with Gasteiger partial charge in [0.1, 0.15) is 11.6 Å². The van der Waals surface area contributed by atoms with E-state index in [0.29, 0.717) is 55.3 Å². The summed E-state index contributed by atoms with van der Waals surface area (Å²) < 4.78 is 32.3. The molecule has 0 aliphatic carbocycles. The minimum Gasteiger partial charge on any atom is -0.381 e. The second kappa shape index (κ2) is 8.48. The van der Waals surface area contributed by atoms with E-state index in [-0.39, 0.29) is 6.04 Å². The first-order valence-electron chi connectivity index (χ1n) is 14.3. The van der Waals surface area contributed by atoms with Crippen LogP contribution in [0.15, 0.2) is 48.8 Å². The van der Waals surface area contributed by atoms with Crippen molar-refractivity contribution in [3.63, 3.8) is 0 Å². The summed E-state index contributed by atoms with van der Waals surface area (Å²) in [7, 11) is 0. The SMILES string of the molecule is [2H]C([2H])([2H])N1C(=O)c2cccc(C#CC)c2[C@H]2C[C@@H]1c1nc3ccc(-c4cnc(C5(N)CCOCC5)nc4)cc3n12. The first kappa shape index (κ1) is 20.0. The van der Waals surface area contributed by atoms with E-state index in [1.54, 1.807) is 31.5 Å². The third kappa shape index (κ3) is 3.32. The van der Waals surface area contributed by atoms with Crippen molar-refractivity contribution in [1.82, 2.24) is 24.4 Å². The van der Waals surface area contributed by atoms with Gasteiger partial charge in [-0.05, 0) is 49.6 Å². The van der Waals surface area contributed by atoms with Crippen molar-refractivity contribution in [3.8, 4) is 23.0 Å². The molecule has 0 saturated carbocycles. The van der Waals surface area contributed by atoms with Crippen LogP contribution in [0.5, 0.6) is 0 Å². The first-order valence-corrected chi connectivity index (χ1v) is 12.8. The lowest BCUT2D eigenvalue weighted by molar-refractivity contribution is 0.0492. The molecule has 38 heavy (non-hydrogen) atoms. The molecule has 2 N–H and O–H groups in total. The molecule has 3 aliphatic heterocycles. The highest BCUT2D eigenvalue weighted by Gasteiger charge is 2.44. The van der Waals surface area contributed by atoms with Gasteiger partial charge in [0.25, 0.3) is 5.91 Å². The fraction of sp³-hybridized carbons (Fsp3) is 0.333. The number of benzene rings is 2. The molecule has 0 radical (unpaired) electrons. The van der Waals surface area contributed by atoms with Crippen molar-refractivity contribution in [3.05, 3.63) is 77.1 Å². The zero-order valence-electron chi connectivity index (χ0n) is 23.9. The molecule has 4 aromatic rings. The number of amides is 1. The second-order valence-corrected chi connectivity index (χ2v) is 10.2. The van der Waals surface area contributed by atoms with Gasteiger partial charge < -0.3 is 19.9 Å². The number of carbonyl (C=O) groups is 1. The third-order valence-electron chi connectivity index (χ3n) is 8.05. The van der Waals surface area contributed by atoms with Crippen LogP contribution in [0.25, 0.3) is 22.2 Å². The van der Waals surface area contributed by atoms with E-state index >= 15 is 0 Å². The largest absolute Gasteiger partial charge is 0.381 e. The van der Waals surface area contributed by atoms with Gasteiger partial charge in [0.05, 0.1) is 28.7 Å². The fourth-order valence-corrected chi connectivity index (χ4v) is 6.06. The lowest BCUT2D eigenvalue weighted by atomic mass is 9.90. The smallest absolute Gasteiger partial charge is 0.254 e. The first-order chi connectivity index (χ1) is 19.7. The van der Waals surface area contributed by atoms with Crippen molar-refractivity contribution < 1.29 is 13.6 Å². The molecule has 1 amide bonds. The molecule has 1 saturated heterocycles. The number of rotatable bonds is 2. The van der Waals surface area contributed by atoms with E-state index in [0.717, 1.165) is 32.6 Å². The molecular formula is C30H28N6O2. The lowest BCUT2D eigenvalue weighted by Crippen LogP contribution is -2.43. The number of nitrogens with zero attached hydrogens (tertiary/aromatic N) is 5. The zero-order valence-corrected chi connectivity index (χ0v) is 20.9. The number of fused-ring (bicyclic) bond motifs is 9. The summed E-state index contributed by atoms with van der Waals surface area (Å²) in [5, 5.41) is 0. The quantitative estimate of drug-likeness (QED) is 0.413.